The quantitative estimate of drug-likeness (QED) is 0.307. The van der Waals surface area contributed by atoms with Crippen molar-refractivity contribution in [3.63, 3.8) is 0 Å². The molecule has 0 unspecified atom stereocenters. The molecule has 0 spiro atoms. The average molecular weight is 448 g/mol. The first-order valence-electron chi connectivity index (χ1n) is 9.27. The van der Waals surface area contributed by atoms with Crippen molar-refractivity contribution in [1.82, 2.24) is 4.98 Å². The van der Waals surface area contributed by atoms with Gasteiger partial charge >= 0.3 is 0 Å². The van der Waals surface area contributed by atoms with Crippen LogP contribution >= 0.6 is 34.5 Å². The molecule has 152 valence electrons. The van der Waals surface area contributed by atoms with E-state index in [2.05, 4.69) is 61.4 Å². The van der Waals surface area contributed by atoms with E-state index in [0.29, 0.717) is 33.5 Å². The Kier molecular flexibility index (Phi) is 7.17. The summed E-state index contributed by atoms with van der Waals surface area (Å²) in [6.45, 7) is 8.87. The minimum absolute atomic E-state index is 0.388. The van der Waals surface area contributed by atoms with Crippen LogP contribution in [0.3, 0.4) is 0 Å². The highest BCUT2D eigenvalue weighted by molar-refractivity contribution is 7.14. The molecule has 0 saturated heterocycles. The molecule has 29 heavy (non-hydrogen) atoms. The number of rotatable bonds is 7. The van der Waals surface area contributed by atoms with Gasteiger partial charge in [-0.3, -0.25) is 5.43 Å². The van der Waals surface area contributed by atoms with Crippen LogP contribution in [0, 0.1) is 19.8 Å². The summed E-state index contributed by atoms with van der Waals surface area (Å²) in [5.41, 5.74) is 8.24. The van der Waals surface area contributed by atoms with Crippen LogP contribution in [0.4, 0.5) is 5.13 Å². The van der Waals surface area contributed by atoms with Gasteiger partial charge in [0.05, 0.1) is 28.6 Å². The lowest BCUT2D eigenvalue weighted by molar-refractivity contribution is 0.271. The van der Waals surface area contributed by atoms with Crippen molar-refractivity contribution >= 4 is 45.9 Å². The first kappa shape index (κ1) is 21.6. The smallest absolute Gasteiger partial charge is 0.203 e. The van der Waals surface area contributed by atoms with Gasteiger partial charge < -0.3 is 4.74 Å². The molecule has 1 aromatic heterocycles. The van der Waals surface area contributed by atoms with Crippen LogP contribution in [-0.4, -0.2) is 17.8 Å². The molecule has 0 aliphatic carbocycles. The Morgan fingerprint density at radius 1 is 1.17 bits per heavy atom. The number of ether oxygens (including phenoxy) is 1. The van der Waals surface area contributed by atoms with E-state index in [4.69, 9.17) is 27.9 Å². The Morgan fingerprint density at radius 2 is 1.90 bits per heavy atom. The van der Waals surface area contributed by atoms with Gasteiger partial charge in [0, 0.05) is 10.9 Å². The predicted octanol–water partition coefficient (Wildman–Crippen LogP) is 7.21. The summed E-state index contributed by atoms with van der Waals surface area (Å²) < 4.78 is 5.69. The molecule has 3 aromatic rings. The molecule has 3 rings (SSSR count). The molecule has 0 atom stereocenters. The molecule has 0 aliphatic heterocycles. The molecule has 0 bridgehead atoms. The van der Waals surface area contributed by atoms with Crippen molar-refractivity contribution in [3.05, 3.63) is 62.4 Å². The summed E-state index contributed by atoms with van der Waals surface area (Å²) in [4.78, 5) is 4.61. The number of nitrogens with zero attached hydrogens (tertiary/aromatic N) is 2. The molecule has 0 amide bonds. The van der Waals surface area contributed by atoms with E-state index >= 15 is 0 Å². The summed E-state index contributed by atoms with van der Waals surface area (Å²) in [6.07, 6.45) is 1.65. The number of anilines is 1. The number of halogens is 2. The van der Waals surface area contributed by atoms with Gasteiger partial charge in [0.15, 0.2) is 5.75 Å². The van der Waals surface area contributed by atoms with Crippen molar-refractivity contribution < 1.29 is 4.74 Å². The van der Waals surface area contributed by atoms with Gasteiger partial charge in [0.25, 0.3) is 0 Å². The number of aryl methyl sites for hydroxylation is 2. The fourth-order valence-electron chi connectivity index (χ4n) is 2.75. The van der Waals surface area contributed by atoms with Crippen LogP contribution in [0.2, 0.25) is 10.0 Å². The second kappa shape index (κ2) is 9.61. The van der Waals surface area contributed by atoms with E-state index in [9.17, 15) is 0 Å². The molecule has 7 heteroatoms. The largest absolute Gasteiger partial charge is 0.490 e. The third-order valence-corrected chi connectivity index (χ3v) is 5.43. The van der Waals surface area contributed by atoms with Crippen LogP contribution in [-0.2, 0) is 0 Å². The molecule has 1 N–H and O–H groups in total. The van der Waals surface area contributed by atoms with Crippen molar-refractivity contribution in [3.8, 4) is 17.0 Å². The molecule has 0 fully saturated rings. The van der Waals surface area contributed by atoms with Crippen LogP contribution < -0.4 is 10.2 Å². The van der Waals surface area contributed by atoms with Crippen LogP contribution in [0.25, 0.3) is 11.3 Å². The lowest BCUT2D eigenvalue weighted by Gasteiger charge is -2.12. The monoisotopic (exact) mass is 447 g/mol. The Morgan fingerprint density at radius 3 is 2.55 bits per heavy atom. The fourth-order valence-corrected chi connectivity index (χ4v) is 4.03. The Balaban J connectivity index is 1.68. The second-order valence-corrected chi connectivity index (χ2v) is 8.92. The maximum atomic E-state index is 6.31. The molecule has 1 heterocycles. The van der Waals surface area contributed by atoms with Gasteiger partial charge in [-0.15, -0.1) is 11.3 Å². The Hall–Kier alpha value is -2.08. The standard InChI is InChI=1S/C22H23Cl2N3OS/c1-13(2)11-28-21-18(23)8-16(9-19(21)24)10-25-27-22-26-20(12-29-22)17-6-5-14(3)7-15(17)4/h5-10,12-13H,11H2,1-4H3,(H,26,27)/b25-10-. The summed E-state index contributed by atoms with van der Waals surface area (Å²) >= 11 is 14.1. The fraction of sp³-hybridized carbons (Fsp3) is 0.273. The summed E-state index contributed by atoms with van der Waals surface area (Å²) in [6, 6.07) is 9.89. The van der Waals surface area contributed by atoms with E-state index in [0.717, 1.165) is 16.8 Å². The van der Waals surface area contributed by atoms with Gasteiger partial charge in [-0.25, -0.2) is 4.98 Å². The lowest BCUT2D eigenvalue weighted by atomic mass is 10.0. The molecule has 0 radical (unpaired) electrons. The van der Waals surface area contributed by atoms with Crippen molar-refractivity contribution in [2.24, 2.45) is 11.0 Å². The SMILES string of the molecule is Cc1ccc(-c2csc(N/N=C\c3cc(Cl)c(OCC(C)C)c(Cl)c3)n2)c(C)c1. The lowest BCUT2D eigenvalue weighted by Crippen LogP contribution is -2.05. The molecule has 4 nitrogen and oxygen atoms in total. The van der Waals surface area contributed by atoms with Crippen molar-refractivity contribution in [2.75, 3.05) is 12.0 Å². The zero-order valence-corrected chi connectivity index (χ0v) is 19.1. The van der Waals surface area contributed by atoms with E-state index in [1.54, 1.807) is 18.3 Å². The number of nitrogens with one attached hydrogen (secondary N) is 1. The van der Waals surface area contributed by atoms with E-state index in [1.165, 1.54) is 22.5 Å². The van der Waals surface area contributed by atoms with E-state index in [-0.39, 0.29) is 0 Å². The van der Waals surface area contributed by atoms with E-state index < -0.39 is 0 Å². The maximum absolute atomic E-state index is 6.31. The van der Waals surface area contributed by atoms with Crippen molar-refractivity contribution in [1.29, 1.82) is 0 Å². The first-order valence-corrected chi connectivity index (χ1v) is 10.9. The zero-order valence-electron chi connectivity index (χ0n) is 16.8. The summed E-state index contributed by atoms with van der Waals surface area (Å²) in [5.74, 6) is 0.893. The molecular formula is C22H23Cl2N3OS. The van der Waals surface area contributed by atoms with Crippen LogP contribution in [0.15, 0.2) is 40.8 Å². The molecule has 0 aliphatic rings. The number of benzene rings is 2. The normalized spacial score (nSPS) is 11.4. The third kappa shape index (κ3) is 5.72. The predicted molar refractivity (Wildman–Crippen MR) is 125 cm³/mol. The number of hydrazone groups is 1. The number of hydrogen-bond acceptors (Lipinski definition) is 5. The number of hydrogen-bond donors (Lipinski definition) is 1. The van der Waals surface area contributed by atoms with Gasteiger partial charge in [0.2, 0.25) is 5.13 Å². The Bertz CT molecular complexity index is 1010. The van der Waals surface area contributed by atoms with Gasteiger partial charge in [-0.05, 0) is 43.0 Å². The minimum Gasteiger partial charge on any atom is -0.490 e. The number of thiazole rings is 1. The summed E-state index contributed by atoms with van der Waals surface area (Å²) in [7, 11) is 0. The van der Waals surface area contributed by atoms with Gasteiger partial charge in [-0.1, -0.05) is 60.8 Å². The molecule has 0 saturated carbocycles. The second-order valence-electron chi connectivity index (χ2n) is 7.24. The number of aromatic nitrogens is 1. The summed E-state index contributed by atoms with van der Waals surface area (Å²) in [5, 5.41) is 7.92. The molecular weight excluding hydrogens is 425 g/mol. The highest BCUT2D eigenvalue weighted by Crippen LogP contribution is 2.34. The maximum Gasteiger partial charge on any atom is 0.203 e. The van der Waals surface area contributed by atoms with Gasteiger partial charge in [0.1, 0.15) is 0 Å². The first-order chi connectivity index (χ1) is 13.8. The molecule has 2 aromatic carbocycles. The topological polar surface area (TPSA) is 46.5 Å². The van der Waals surface area contributed by atoms with E-state index in [1.807, 2.05) is 5.38 Å². The Labute approximate surface area is 185 Å². The van der Waals surface area contributed by atoms with Gasteiger partial charge in [-0.2, -0.15) is 5.10 Å². The van der Waals surface area contributed by atoms with Crippen LogP contribution in [0.1, 0.15) is 30.5 Å². The van der Waals surface area contributed by atoms with Crippen LogP contribution in [0.5, 0.6) is 5.75 Å². The minimum atomic E-state index is 0.388. The average Bonchev–Trinajstić information content (AvgIpc) is 3.09. The third-order valence-electron chi connectivity index (χ3n) is 4.12. The van der Waals surface area contributed by atoms with Crippen molar-refractivity contribution in [2.45, 2.75) is 27.7 Å². The highest BCUT2D eigenvalue weighted by Gasteiger charge is 2.10. The highest BCUT2D eigenvalue weighted by atomic mass is 35.5. The zero-order chi connectivity index (χ0) is 21.0.